The van der Waals surface area contributed by atoms with E-state index in [-0.39, 0.29) is 5.91 Å². The largest absolute Gasteiger partial charge is 0.377 e. The van der Waals surface area contributed by atoms with E-state index in [1.807, 2.05) is 24.4 Å². The number of nitrogens with one attached hydrogen (secondary N) is 1. The van der Waals surface area contributed by atoms with Gasteiger partial charge in [0.2, 0.25) is 0 Å². The summed E-state index contributed by atoms with van der Waals surface area (Å²) < 4.78 is 5.50. The van der Waals surface area contributed by atoms with Gasteiger partial charge in [-0.25, -0.2) is 0 Å². The highest BCUT2D eigenvalue weighted by Gasteiger charge is 2.20. The summed E-state index contributed by atoms with van der Waals surface area (Å²) >= 11 is 1.74. The Morgan fingerprint density at radius 3 is 2.83 bits per heavy atom. The Morgan fingerprint density at radius 2 is 2.00 bits per heavy atom. The predicted molar refractivity (Wildman–Crippen MR) is 93.9 cm³/mol. The van der Waals surface area contributed by atoms with Crippen molar-refractivity contribution in [1.82, 2.24) is 5.32 Å². The second-order valence-corrected chi connectivity index (χ2v) is 6.81. The van der Waals surface area contributed by atoms with E-state index in [2.05, 4.69) is 17.4 Å². The molecule has 1 aromatic carbocycles. The van der Waals surface area contributed by atoms with E-state index < -0.39 is 0 Å². The van der Waals surface area contributed by atoms with E-state index in [0.717, 1.165) is 29.5 Å². The number of carbonyl (C=O) groups is 1. The van der Waals surface area contributed by atoms with Crippen molar-refractivity contribution in [2.24, 2.45) is 0 Å². The smallest absolute Gasteiger partial charge is 0.252 e. The predicted octanol–water partition coefficient (Wildman–Crippen LogP) is 4.09. The highest BCUT2D eigenvalue weighted by Crippen LogP contribution is 2.30. The van der Waals surface area contributed by atoms with Crippen LogP contribution in [0.4, 0.5) is 0 Å². The first-order valence-electron chi connectivity index (χ1n) is 8.31. The summed E-state index contributed by atoms with van der Waals surface area (Å²) in [6, 6.07) is 8.12. The molecule has 0 aliphatic heterocycles. The van der Waals surface area contributed by atoms with Gasteiger partial charge in [0.05, 0.1) is 12.2 Å². The number of benzene rings is 1. The van der Waals surface area contributed by atoms with Crippen LogP contribution in [-0.4, -0.2) is 12.5 Å². The minimum atomic E-state index is 0.0515. The molecule has 4 heteroatoms. The van der Waals surface area contributed by atoms with Crippen LogP contribution < -0.4 is 5.32 Å². The minimum Gasteiger partial charge on any atom is -0.377 e. The van der Waals surface area contributed by atoms with Gasteiger partial charge in [0.15, 0.2) is 0 Å². The number of ether oxygens (including phenoxy) is 1. The molecule has 122 valence electrons. The fraction of sp³-hybridized carbons (Fsp3) is 0.421. The van der Waals surface area contributed by atoms with Gasteiger partial charge in [0.25, 0.3) is 5.91 Å². The maximum atomic E-state index is 12.5. The molecule has 3 rings (SSSR count). The normalized spacial score (nSPS) is 13.6. The molecule has 0 unspecified atom stereocenters. The highest BCUT2D eigenvalue weighted by molar-refractivity contribution is 7.10. The van der Waals surface area contributed by atoms with Gasteiger partial charge in [-0.05, 0) is 49.3 Å². The molecule has 1 heterocycles. The number of rotatable bonds is 6. The second-order valence-electron chi connectivity index (χ2n) is 5.85. The molecule has 1 aliphatic carbocycles. The van der Waals surface area contributed by atoms with Crippen molar-refractivity contribution in [3.63, 3.8) is 0 Å². The van der Waals surface area contributed by atoms with Crippen LogP contribution in [0, 0.1) is 0 Å². The van der Waals surface area contributed by atoms with Gasteiger partial charge >= 0.3 is 0 Å². The number of fused-ring (bicyclic) bond motifs is 1. The van der Waals surface area contributed by atoms with Crippen molar-refractivity contribution in [3.8, 4) is 0 Å². The lowest BCUT2D eigenvalue weighted by Crippen LogP contribution is -2.24. The average Bonchev–Trinajstić information content (AvgIpc) is 3.02. The Balaban J connectivity index is 1.66. The van der Waals surface area contributed by atoms with Crippen LogP contribution in [0.25, 0.3) is 0 Å². The summed E-state index contributed by atoms with van der Waals surface area (Å²) in [4.78, 5) is 13.9. The van der Waals surface area contributed by atoms with Crippen LogP contribution in [0.1, 0.15) is 51.7 Å². The zero-order valence-electron chi connectivity index (χ0n) is 13.6. The molecule has 0 saturated heterocycles. The molecular formula is C19H23NO2S. The maximum Gasteiger partial charge on any atom is 0.252 e. The van der Waals surface area contributed by atoms with E-state index >= 15 is 0 Å². The van der Waals surface area contributed by atoms with E-state index in [1.54, 1.807) is 11.3 Å². The van der Waals surface area contributed by atoms with Crippen LogP contribution in [0.2, 0.25) is 0 Å². The third-order valence-corrected chi connectivity index (χ3v) is 5.41. The molecule has 1 aromatic heterocycles. The molecule has 0 atom stereocenters. The summed E-state index contributed by atoms with van der Waals surface area (Å²) in [5.74, 6) is 0.0515. The molecular weight excluding hydrogens is 306 g/mol. The first-order valence-corrected chi connectivity index (χ1v) is 9.19. The Kier molecular flexibility index (Phi) is 5.47. The van der Waals surface area contributed by atoms with Gasteiger partial charge in [0, 0.05) is 23.4 Å². The van der Waals surface area contributed by atoms with Crippen LogP contribution in [0.5, 0.6) is 0 Å². The first kappa shape index (κ1) is 16.2. The highest BCUT2D eigenvalue weighted by atomic mass is 32.1. The number of thiophene rings is 1. The summed E-state index contributed by atoms with van der Waals surface area (Å²) in [5.41, 5.74) is 4.42. The Morgan fingerprint density at radius 1 is 1.22 bits per heavy atom. The van der Waals surface area contributed by atoms with E-state index in [0.29, 0.717) is 19.8 Å². The van der Waals surface area contributed by atoms with Crippen molar-refractivity contribution in [1.29, 1.82) is 0 Å². The van der Waals surface area contributed by atoms with Gasteiger partial charge in [-0.2, -0.15) is 0 Å². The van der Waals surface area contributed by atoms with Gasteiger partial charge in [-0.15, -0.1) is 11.3 Å². The quantitative estimate of drug-likeness (QED) is 0.867. The molecule has 0 radical (unpaired) electrons. The van der Waals surface area contributed by atoms with E-state index in [4.69, 9.17) is 4.74 Å². The maximum absolute atomic E-state index is 12.5. The first-order chi connectivity index (χ1) is 11.3. The number of amides is 1. The molecule has 0 fully saturated rings. The lowest BCUT2D eigenvalue weighted by atomic mass is 9.95. The SMILES string of the molecule is CCOCc1ccccc1CNC(=O)c1csc2c1CCCC2. The fourth-order valence-electron chi connectivity index (χ4n) is 3.04. The zero-order chi connectivity index (χ0) is 16.1. The van der Waals surface area contributed by atoms with Gasteiger partial charge in [-0.3, -0.25) is 4.79 Å². The lowest BCUT2D eigenvalue weighted by molar-refractivity contribution is 0.0949. The summed E-state index contributed by atoms with van der Waals surface area (Å²) in [7, 11) is 0. The van der Waals surface area contributed by atoms with E-state index in [9.17, 15) is 4.79 Å². The van der Waals surface area contributed by atoms with Crippen LogP contribution in [0.15, 0.2) is 29.6 Å². The summed E-state index contributed by atoms with van der Waals surface area (Å²) in [6.45, 7) is 3.83. The molecule has 0 spiro atoms. The Bertz CT molecular complexity index is 678. The molecule has 2 aromatic rings. The Labute approximate surface area is 141 Å². The number of hydrogen-bond donors (Lipinski definition) is 1. The van der Waals surface area contributed by atoms with Crippen molar-refractivity contribution in [2.45, 2.75) is 45.8 Å². The third kappa shape index (κ3) is 3.82. The zero-order valence-corrected chi connectivity index (χ0v) is 14.4. The van der Waals surface area contributed by atoms with Crippen molar-refractivity contribution in [2.75, 3.05) is 6.61 Å². The van der Waals surface area contributed by atoms with Gasteiger partial charge in [-0.1, -0.05) is 24.3 Å². The molecule has 1 N–H and O–H groups in total. The number of hydrogen-bond acceptors (Lipinski definition) is 3. The monoisotopic (exact) mass is 329 g/mol. The minimum absolute atomic E-state index is 0.0515. The van der Waals surface area contributed by atoms with Crippen LogP contribution in [0.3, 0.4) is 0 Å². The summed E-state index contributed by atoms with van der Waals surface area (Å²) in [6.07, 6.45) is 4.62. The lowest BCUT2D eigenvalue weighted by Gasteiger charge is -2.14. The fourth-order valence-corrected chi connectivity index (χ4v) is 4.16. The molecule has 1 aliphatic rings. The summed E-state index contributed by atoms with van der Waals surface area (Å²) in [5, 5.41) is 5.11. The Hall–Kier alpha value is -1.65. The van der Waals surface area contributed by atoms with Crippen molar-refractivity contribution < 1.29 is 9.53 Å². The van der Waals surface area contributed by atoms with Crippen LogP contribution in [-0.2, 0) is 30.7 Å². The van der Waals surface area contributed by atoms with Gasteiger partial charge < -0.3 is 10.1 Å². The molecule has 3 nitrogen and oxygen atoms in total. The molecule has 1 amide bonds. The van der Waals surface area contributed by atoms with Gasteiger partial charge in [0.1, 0.15) is 0 Å². The topological polar surface area (TPSA) is 38.3 Å². The second kappa shape index (κ2) is 7.75. The average molecular weight is 329 g/mol. The van der Waals surface area contributed by atoms with Crippen LogP contribution >= 0.6 is 11.3 Å². The molecule has 23 heavy (non-hydrogen) atoms. The number of carbonyl (C=O) groups excluding carboxylic acids is 1. The van der Waals surface area contributed by atoms with Crippen molar-refractivity contribution in [3.05, 3.63) is 56.8 Å². The molecule has 0 saturated carbocycles. The third-order valence-electron chi connectivity index (χ3n) is 4.33. The number of aryl methyl sites for hydroxylation is 1. The van der Waals surface area contributed by atoms with E-state index in [1.165, 1.54) is 23.3 Å². The van der Waals surface area contributed by atoms with Crippen molar-refractivity contribution >= 4 is 17.2 Å². The molecule has 0 bridgehead atoms. The standard InChI is InChI=1S/C19H23NO2S/c1-2-22-12-15-8-4-3-7-14(15)11-20-19(21)17-13-23-18-10-6-5-9-16(17)18/h3-4,7-8,13H,2,5-6,9-12H2,1H3,(H,20,21).